The average molecular weight is 392 g/mol. The first-order chi connectivity index (χ1) is 14.1. The van der Waals surface area contributed by atoms with E-state index in [1.807, 2.05) is 18.2 Å². The number of hydrogen-bond donors (Lipinski definition) is 2. The van der Waals surface area contributed by atoms with Crippen LogP contribution in [-0.2, 0) is 0 Å². The first-order valence-electron chi connectivity index (χ1n) is 8.72. The molecule has 3 aromatic rings. The van der Waals surface area contributed by atoms with E-state index in [1.165, 1.54) is 26.5 Å². The molecule has 0 saturated heterocycles. The monoisotopic (exact) mass is 392 g/mol. The van der Waals surface area contributed by atoms with E-state index in [9.17, 15) is 9.90 Å². The summed E-state index contributed by atoms with van der Waals surface area (Å²) in [5.41, 5.74) is 3.06. The van der Waals surface area contributed by atoms with Gasteiger partial charge in [-0.1, -0.05) is 30.3 Å². The number of benzene rings is 3. The minimum atomic E-state index is -0.459. The number of rotatable bonds is 7. The zero-order valence-corrected chi connectivity index (χ0v) is 16.0. The average Bonchev–Trinajstić information content (AvgIpc) is 2.75. The van der Waals surface area contributed by atoms with Crippen LogP contribution in [0.4, 0.5) is 0 Å². The van der Waals surface area contributed by atoms with Crippen molar-refractivity contribution in [1.82, 2.24) is 5.43 Å². The molecule has 3 aromatic carbocycles. The molecule has 0 spiro atoms. The van der Waals surface area contributed by atoms with Crippen molar-refractivity contribution in [3.8, 4) is 28.7 Å². The van der Waals surface area contributed by atoms with Gasteiger partial charge in [0, 0.05) is 12.1 Å². The molecular weight excluding hydrogens is 372 g/mol. The largest absolute Gasteiger partial charge is 0.507 e. The Labute approximate surface area is 168 Å². The fourth-order valence-corrected chi connectivity index (χ4v) is 2.58. The number of amides is 1. The van der Waals surface area contributed by atoms with Gasteiger partial charge in [-0.15, -0.1) is 0 Å². The molecule has 3 rings (SSSR count). The van der Waals surface area contributed by atoms with E-state index in [0.29, 0.717) is 34.1 Å². The zero-order chi connectivity index (χ0) is 20.6. The molecule has 0 aliphatic rings. The molecule has 7 heteroatoms. The molecule has 0 atom stereocenters. The second-order valence-electron chi connectivity index (χ2n) is 5.87. The lowest BCUT2D eigenvalue weighted by atomic mass is 10.2. The number of hydrogen-bond acceptors (Lipinski definition) is 6. The van der Waals surface area contributed by atoms with Gasteiger partial charge < -0.3 is 19.3 Å². The maximum atomic E-state index is 12.6. The molecule has 148 valence electrons. The smallest absolute Gasteiger partial charge is 0.275 e. The third kappa shape index (κ3) is 4.84. The van der Waals surface area contributed by atoms with Gasteiger partial charge >= 0.3 is 0 Å². The topological polar surface area (TPSA) is 89.4 Å². The van der Waals surface area contributed by atoms with Gasteiger partial charge in [0.15, 0.2) is 0 Å². The van der Waals surface area contributed by atoms with Gasteiger partial charge in [0.25, 0.3) is 5.91 Å². The second-order valence-corrected chi connectivity index (χ2v) is 5.87. The number of methoxy groups -OCH3 is 2. The Morgan fingerprint density at radius 1 is 0.931 bits per heavy atom. The molecule has 2 N–H and O–H groups in total. The standard InChI is InChI=1S/C22H20N2O5/c1-27-16-12-19(25)18(21(13-16)28-2)14-23-24-22(26)17-10-6-7-11-20(17)29-15-8-4-3-5-9-15/h3-14,25H,1-2H3,(H,24,26)/b23-14+. The van der Waals surface area contributed by atoms with Crippen LogP contribution in [0.3, 0.4) is 0 Å². The van der Waals surface area contributed by atoms with Crippen LogP contribution in [0.5, 0.6) is 28.7 Å². The van der Waals surface area contributed by atoms with E-state index in [-0.39, 0.29) is 5.75 Å². The van der Waals surface area contributed by atoms with E-state index in [0.717, 1.165) is 0 Å². The maximum Gasteiger partial charge on any atom is 0.275 e. The molecule has 0 bridgehead atoms. The van der Waals surface area contributed by atoms with Gasteiger partial charge in [-0.2, -0.15) is 5.10 Å². The van der Waals surface area contributed by atoms with Crippen LogP contribution in [0.25, 0.3) is 0 Å². The molecule has 0 unspecified atom stereocenters. The summed E-state index contributed by atoms with van der Waals surface area (Å²) in [7, 11) is 2.94. The SMILES string of the molecule is COc1cc(O)c(/C=N/NC(=O)c2ccccc2Oc2ccccc2)c(OC)c1. The Morgan fingerprint density at radius 2 is 1.66 bits per heavy atom. The Bertz CT molecular complexity index is 1020. The van der Waals surface area contributed by atoms with Crippen LogP contribution in [0, 0.1) is 0 Å². The van der Waals surface area contributed by atoms with Crippen LogP contribution in [0.2, 0.25) is 0 Å². The Kier molecular flexibility index (Phi) is 6.32. The number of carbonyl (C=O) groups excluding carboxylic acids is 1. The highest BCUT2D eigenvalue weighted by atomic mass is 16.5. The van der Waals surface area contributed by atoms with Crippen LogP contribution in [0.15, 0.2) is 71.8 Å². The minimum Gasteiger partial charge on any atom is -0.507 e. The lowest BCUT2D eigenvalue weighted by molar-refractivity contribution is 0.0953. The highest BCUT2D eigenvalue weighted by molar-refractivity contribution is 5.98. The summed E-state index contributed by atoms with van der Waals surface area (Å²) in [6.45, 7) is 0. The van der Waals surface area contributed by atoms with Crippen molar-refractivity contribution in [2.24, 2.45) is 5.10 Å². The van der Waals surface area contributed by atoms with Gasteiger partial charge in [0.1, 0.15) is 28.7 Å². The van der Waals surface area contributed by atoms with Crippen molar-refractivity contribution in [3.05, 3.63) is 77.9 Å². The number of nitrogens with zero attached hydrogens (tertiary/aromatic N) is 1. The lowest BCUT2D eigenvalue weighted by Crippen LogP contribution is -2.18. The predicted molar refractivity (Wildman–Crippen MR) is 109 cm³/mol. The highest BCUT2D eigenvalue weighted by Gasteiger charge is 2.13. The van der Waals surface area contributed by atoms with Crippen LogP contribution in [0.1, 0.15) is 15.9 Å². The minimum absolute atomic E-state index is 0.0907. The lowest BCUT2D eigenvalue weighted by Gasteiger charge is -2.10. The molecule has 0 heterocycles. The number of ether oxygens (including phenoxy) is 3. The molecule has 0 radical (unpaired) electrons. The first kappa shape index (κ1) is 19.8. The van der Waals surface area contributed by atoms with Crippen LogP contribution in [-0.4, -0.2) is 31.4 Å². The molecule has 0 aliphatic heterocycles. The molecule has 29 heavy (non-hydrogen) atoms. The summed E-state index contributed by atoms with van der Waals surface area (Å²) in [5, 5.41) is 14.1. The van der Waals surface area contributed by atoms with Crippen molar-refractivity contribution < 1.29 is 24.1 Å². The van der Waals surface area contributed by atoms with Crippen molar-refractivity contribution in [2.45, 2.75) is 0 Å². The van der Waals surface area contributed by atoms with Crippen molar-refractivity contribution in [3.63, 3.8) is 0 Å². The summed E-state index contributed by atoms with van der Waals surface area (Å²) in [5.74, 6) is 1.26. The van der Waals surface area contributed by atoms with E-state index in [4.69, 9.17) is 14.2 Å². The number of phenolic OH excluding ortho intramolecular Hbond substituents is 1. The van der Waals surface area contributed by atoms with Gasteiger partial charge in [-0.05, 0) is 24.3 Å². The van der Waals surface area contributed by atoms with Crippen LogP contribution < -0.4 is 19.6 Å². The van der Waals surface area contributed by atoms with E-state index < -0.39 is 5.91 Å². The summed E-state index contributed by atoms with van der Waals surface area (Å²) >= 11 is 0. The third-order valence-electron chi connectivity index (χ3n) is 4.01. The molecule has 0 aromatic heterocycles. The van der Waals surface area contributed by atoms with Gasteiger partial charge in [0.2, 0.25) is 0 Å². The van der Waals surface area contributed by atoms with Gasteiger partial charge in [0.05, 0.1) is 31.6 Å². The maximum absolute atomic E-state index is 12.6. The number of para-hydroxylation sites is 2. The van der Waals surface area contributed by atoms with Crippen molar-refractivity contribution in [2.75, 3.05) is 14.2 Å². The van der Waals surface area contributed by atoms with E-state index in [1.54, 1.807) is 42.5 Å². The molecule has 0 saturated carbocycles. The van der Waals surface area contributed by atoms with Crippen molar-refractivity contribution in [1.29, 1.82) is 0 Å². The Balaban J connectivity index is 1.77. The Hall–Kier alpha value is -4.00. The molecule has 0 aliphatic carbocycles. The van der Waals surface area contributed by atoms with E-state index in [2.05, 4.69) is 10.5 Å². The number of hydrazone groups is 1. The summed E-state index contributed by atoms with van der Waals surface area (Å²) < 4.78 is 16.1. The zero-order valence-electron chi connectivity index (χ0n) is 16.0. The van der Waals surface area contributed by atoms with E-state index >= 15 is 0 Å². The summed E-state index contributed by atoms with van der Waals surface area (Å²) in [6, 6.07) is 19.0. The first-order valence-corrected chi connectivity index (χ1v) is 8.72. The predicted octanol–water partition coefficient (Wildman–Crippen LogP) is 3.97. The van der Waals surface area contributed by atoms with Crippen molar-refractivity contribution >= 4 is 12.1 Å². The number of aromatic hydroxyl groups is 1. The normalized spacial score (nSPS) is 10.6. The molecular formula is C22H20N2O5. The molecule has 7 nitrogen and oxygen atoms in total. The fourth-order valence-electron chi connectivity index (χ4n) is 2.58. The number of nitrogens with one attached hydrogen (secondary N) is 1. The molecule has 0 fully saturated rings. The summed E-state index contributed by atoms with van der Waals surface area (Å²) in [4.78, 5) is 12.6. The number of phenols is 1. The quantitative estimate of drug-likeness (QED) is 0.469. The summed E-state index contributed by atoms with van der Waals surface area (Å²) in [6.07, 6.45) is 1.30. The molecule has 1 amide bonds. The van der Waals surface area contributed by atoms with Gasteiger partial charge in [-0.25, -0.2) is 5.43 Å². The van der Waals surface area contributed by atoms with Gasteiger partial charge in [-0.3, -0.25) is 4.79 Å². The third-order valence-corrected chi connectivity index (χ3v) is 4.01. The Morgan fingerprint density at radius 3 is 2.38 bits per heavy atom. The number of carbonyl (C=O) groups is 1. The second kappa shape index (κ2) is 9.27. The van der Waals surface area contributed by atoms with Crippen LogP contribution >= 0.6 is 0 Å². The highest BCUT2D eigenvalue weighted by Crippen LogP contribution is 2.31. The fraction of sp³-hybridized carbons (Fsp3) is 0.0909.